The van der Waals surface area contributed by atoms with Crippen molar-refractivity contribution >= 4 is 22.7 Å². The van der Waals surface area contributed by atoms with Crippen molar-refractivity contribution in [3.63, 3.8) is 0 Å². The molecule has 4 N–H and O–H groups in total. The van der Waals surface area contributed by atoms with Crippen molar-refractivity contribution < 1.29 is 0 Å². The highest BCUT2D eigenvalue weighted by molar-refractivity contribution is 5.89. The van der Waals surface area contributed by atoms with Crippen molar-refractivity contribution in [3.8, 4) is 11.1 Å². The Morgan fingerprint density at radius 3 is 2.05 bits per heavy atom. The summed E-state index contributed by atoms with van der Waals surface area (Å²) < 4.78 is 0. The van der Waals surface area contributed by atoms with Gasteiger partial charge in [0.15, 0.2) is 0 Å². The minimum absolute atomic E-state index is 0.570. The van der Waals surface area contributed by atoms with Gasteiger partial charge in [-0.1, -0.05) is 48.5 Å². The number of anilines is 2. The summed E-state index contributed by atoms with van der Waals surface area (Å²) in [5, 5.41) is 8.46. The van der Waals surface area contributed by atoms with Crippen LogP contribution in [0.25, 0.3) is 11.1 Å². The lowest BCUT2D eigenvalue weighted by Gasteiger charge is -2.10. The van der Waals surface area contributed by atoms with Gasteiger partial charge in [-0.15, -0.1) is 5.11 Å². The minimum atomic E-state index is 0.570. The van der Waals surface area contributed by atoms with Gasteiger partial charge in [0.1, 0.15) is 5.69 Å². The number of nitrogen functional groups attached to an aromatic ring is 2. The zero-order valence-corrected chi connectivity index (χ0v) is 12.0. The Hall–Kier alpha value is -3.14. The van der Waals surface area contributed by atoms with Crippen LogP contribution in [0, 0.1) is 0 Å². The van der Waals surface area contributed by atoms with E-state index < -0.39 is 0 Å². The first-order chi connectivity index (χ1) is 10.8. The van der Waals surface area contributed by atoms with E-state index in [1.807, 2.05) is 72.8 Å². The summed E-state index contributed by atoms with van der Waals surface area (Å²) in [6.07, 6.45) is 0. The van der Waals surface area contributed by atoms with Crippen molar-refractivity contribution in [1.29, 1.82) is 0 Å². The van der Waals surface area contributed by atoms with Crippen molar-refractivity contribution in [2.75, 3.05) is 11.5 Å². The maximum atomic E-state index is 6.24. The molecular formula is C18H16N4. The second-order valence-corrected chi connectivity index (χ2v) is 4.86. The summed E-state index contributed by atoms with van der Waals surface area (Å²) in [5.41, 5.74) is 16.7. The zero-order chi connectivity index (χ0) is 15.4. The average molecular weight is 288 g/mol. The minimum Gasteiger partial charge on any atom is -0.398 e. The Labute approximate surface area is 129 Å². The van der Waals surface area contributed by atoms with E-state index in [-0.39, 0.29) is 0 Å². The van der Waals surface area contributed by atoms with E-state index in [4.69, 9.17) is 11.5 Å². The fraction of sp³-hybridized carbons (Fsp3) is 0. The molecule has 0 radical (unpaired) electrons. The number of nitrogens with zero attached hydrogens (tertiary/aromatic N) is 2. The Balaban J connectivity index is 2.00. The van der Waals surface area contributed by atoms with Crippen LogP contribution in [0.3, 0.4) is 0 Å². The number of para-hydroxylation sites is 2. The summed E-state index contributed by atoms with van der Waals surface area (Å²) in [6, 6.07) is 22.8. The Morgan fingerprint density at radius 1 is 0.591 bits per heavy atom. The van der Waals surface area contributed by atoms with Gasteiger partial charge in [-0.05, 0) is 24.3 Å². The molecule has 0 aliphatic carbocycles. The summed E-state index contributed by atoms with van der Waals surface area (Å²) in [7, 11) is 0. The Morgan fingerprint density at radius 2 is 1.27 bits per heavy atom. The van der Waals surface area contributed by atoms with E-state index in [2.05, 4.69) is 10.2 Å². The van der Waals surface area contributed by atoms with Crippen LogP contribution >= 0.6 is 0 Å². The molecule has 22 heavy (non-hydrogen) atoms. The standard InChI is InChI=1S/C18H16N4/c19-16-11-5-4-9-14(16)15-10-6-12-17(18(15)20)22-21-13-7-2-1-3-8-13/h1-12H,19-20H2. The third-order valence-electron chi connectivity index (χ3n) is 3.36. The van der Waals surface area contributed by atoms with Gasteiger partial charge in [0.25, 0.3) is 0 Å². The normalized spacial score (nSPS) is 10.9. The second kappa shape index (κ2) is 6.10. The number of azo groups is 1. The molecule has 4 heteroatoms. The topological polar surface area (TPSA) is 76.8 Å². The molecule has 0 atom stereocenters. The van der Waals surface area contributed by atoms with E-state index in [0.29, 0.717) is 17.1 Å². The van der Waals surface area contributed by atoms with Crippen LogP contribution in [0.1, 0.15) is 0 Å². The predicted octanol–water partition coefficient (Wildman–Crippen LogP) is 4.93. The number of nitrogens with two attached hydrogens (primary N) is 2. The molecule has 0 saturated carbocycles. The van der Waals surface area contributed by atoms with Crippen molar-refractivity contribution in [1.82, 2.24) is 0 Å². The van der Waals surface area contributed by atoms with E-state index >= 15 is 0 Å². The van der Waals surface area contributed by atoms with Gasteiger partial charge in [-0.2, -0.15) is 5.11 Å². The molecule has 0 heterocycles. The number of hydrogen-bond acceptors (Lipinski definition) is 4. The smallest absolute Gasteiger partial charge is 0.109 e. The molecule has 0 bridgehead atoms. The van der Waals surface area contributed by atoms with E-state index in [9.17, 15) is 0 Å². The van der Waals surface area contributed by atoms with Crippen molar-refractivity contribution in [2.45, 2.75) is 0 Å². The van der Waals surface area contributed by atoms with Gasteiger partial charge >= 0.3 is 0 Å². The molecule has 108 valence electrons. The molecular weight excluding hydrogens is 272 g/mol. The largest absolute Gasteiger partial charge is 0.398 e. The van der Waals surface area contributed by atoms with Crippen molar-refractivity contribution in [3.05, 3.63) is 72.8 Å². The lowest BCUT2D eigenvalue weighted by atomic mass is 10.0. The molecule has 0 amide bonds. The van der Waals surface area contributed by atoms with Gasteiger partial charge in [-0.3, -0.25) is 0 Å². The van der Waals surface area contributed by atoms with Crippen LogP contribution in [-0.2, 0) is 0 Å². The maximum Gasteiger partial charge on any atom is 0.109 e. The SMILES string of the molecule is Nc1ccccc1-c1cccc(N=Nc2ccccc2)c1N. The molecule has 0 aliphatic heterocycles. The quantitative estimate of drug-likeness (QED) is 0.529. The van der Waals surface area contributed by atoms with Crippen LogP contribution in [0.15, 0.2) is 83.0 Å². The average Bonchev–Trinajstić information content (AvgIpc) is 2.56. The van der Waals surface area contributed by atoms with Crippen LogP contribution in [0.2, 0.25) is 0 Å². The predicted molar refractivity (Wildman–Crippen MR) is 91.3 cm³/mol. The molecule has 0 saturated heterocycles. The Kier molecular flexibility index (Phi) is 3.83. The number of benzene rings is 3. The van der Waals surface area contributed by atoms with Crippen molar-refractivity contribution in [2.24, 2.45) is 10.2 Å². The van der Waals surface area contributed by atoms with Gasteiger partial charge in [0, 0.05) is 16.8 Å². The summed E-state index contributed by atoms with van der Waals surface area (Å²) in [6.45, 7) is 0. The third-order valence-corrected chi connectivity index (χ3v) is 3.36. The Bertz CT molecular complexity index is 810. The van der Waals surface area contributed by atoms with Gasteiger partial charge in [-0.25, -0.2) is 0 Å². The molecule has 0 unspecified atom stereocenters. The first kappa shape index (κ1) is 13.8. The number of rotatable bonds is 3. The van der Waals surface area contributed by atoms with Gasteiger partial charge in [0.2, 0.25) is 0 Å². The van der Waals surface area contributed by atoms with Crippen LogP contribution in [0.4, 0.5) is 22.7 Å². The van der Waals surface area contributed by atoms with E-state index in [1.54, 1.807) is 0 Å². The molecule has 0 spiro atoms. The fourth-order valence-electron chi connectivity index (χ4n) is 2.22. The zero-order valence-electron chi connectivity index (χ0n) is 12.0. The van der Waals surface area contributed by atoms with Gasteiger partial charge in [0.05, 0.1) is 11.4 Å². The molecule has 0 fully saturated rings. The highest BCUT2D eigenvalue weighted by Crippen LogP contribution is 2.36. The molecule has 4 nitrogen and oxygen atoms in total. The fourth-order valence-corrected chi connectivity index (χ4v) is 2.22. The molecule has 0 aliphatic rings. The highest BCUT2D eigenvalue weighted by atomic mass is 15.1. The van der Waals surface area contributed by atoms with E-state index in [0.717, 1.165) is 16.8 Å². The highest BCUT2D eigenvalue weighted by Gasteiger charge is 2.09. The molecule has 3 rings (SSSR count). The van der Waals surface area contributed by atoms with Crippen LogP contribution in [-0.4, -0.2) is 0 Å². The lowest BCUT2D eigenvalue weighted by Crippen LogP contribution is -1.94. The molecule has 3 aromatic rings. The molecule has 0 aromatic heterocycles. The summed E-state index contributed by atoms with van der Waals surface area (Å²) in [5.74, 6) is 0. The lowest BCUT2D eigenvalue weighted by molar-refractivity contribution is 1.23. The summed E-state index contributed by atoms with van der Waals surface area (Å²) in [4.78, 5) is 0. The monoisotopic (exact) mass is 288 g/mol. The first-order valence-corrected chi connectivity index (χ1v) is 6.96. The number of hydrogen-bond donors (Lipinski definition) is 2. The van der Waals surface area contributed by atoms with E-state index in [1.165, 1.54) is 0 Å². The maximum absolute atomic E-state index is 6.24. The third kappa shape index (κ3) is 2.81. The molecule has 3 aromatic carbocycles. The second-order valence-electron chi connectivity index (χ2n) is 4.86. The first-order valence-electron chi connectivity index (χ1n) is 6.96. The summed E-state index contributed by atoms with van der Waals surface area (Å²) >= 11 is 0. The van der Waals surface area contributed by atoms with Crippen LogP contribution in [0.5, 0.6) is 0 Å². The van der Waals surface area contributed by atoms with Gasteiger partial charge < -0.3 is 11.5 Å². The van der Waals surface area contributed by atoms with Crippen LogP contribution < -0.4 is 11.5 Å².